The van der Waals surface area contributed by atoms with E-state index in [1.54, 1.807) is 12.4 Å². The first kappa shape index (κ1) is 7.12. The van der Waals surface area contributed by atoms with Crippen molar-refractivity contribution in [2.24, 2.45) is 0 Å². The number of anilines is 1. The van der Waals surface area contributed by atoms with Crippen molar-refractivity contribution in [2.45, 2.75) is 6.61 Å². The molecule has 0 bridgehead atoms. The maximum absolute atomic E-state index is 9.00. The molecule has 4 nitrogen and oxygen atoms in total. The van der Waals surface area contributed by atoms with Gasteiger partial charge in [0.25, 0.3) is 0 Å². The first-order valence-electron chi connectivity index (χ1n) is 3.64. The molecule has 1 heterocycles. The van der Waals surface area contributed by atoms with Gasteiger partial charge >= 0.3 is 0 Å². The molecule has 0 saturated carbocycles. The summed E-state index contributed by atoms with van der Waals surface area (Å²) in [7, 11) is 0. The predicted molar refractivity (Wildman–Crippen MR) is 46.4 cm³/mol. The van der Waals surface area contributed by atoms with Gasteiger partial charge in [-0.1, -0.05) is 0 Å². The molecule has 1 aromatic heterocycles. The molecule has 0 aliphatic rings. The van der Waals surface area contributed by atoms with Gasteiger partial charge in [0, 0.05) is 11.3 Å². The van der Waals surface area contributed by atoms with Gasteiger partial charge in [-0.2, -0.15) is 0 Å². The Labute approximate surface area is 69.0 Å². The minimum atomic E-state index is -0.0754. The van der Waals surface area contributed by atoms with E-state index in [9.17, 15) is 0 Å². The molecule has 0 unspecified atom stereocenters. The average molecular weight is 163 g/mol. The Hall–Kier alpha value is -1.55. The molecule has 12 heavy (non-hydrogen) atoms. The molecule has 1 aromatic carbocycles. The van der Waals surface area contributed by atoms with Gasteiger partial charge in [0.05, 0.1) is 24.0 Å². The lowest BCUT2D eigenvalue weighted by Gasteiger charge is -2.01. The van der Waals surface area contributed by atoms with Gasteiger partial charge in [-0.05, 0) is 12.1 Å². The van der Waals surface area contributed by atoms with E-state index in [0.717, 1.165) is 11.0 Å². The first-order valence-corrected chi connectivity index (χ1v) is 3.64. The number of nitrogens with one attached hydrogen (secondary N) is 1. The SMILES string of the molecule is Nc1ccc2[nH]cnc2c1CO. The lowest BCUT2D eigenvalue weighted by Crippen LogP contribution is -1.94. The molecule has 0 saturated heterocycles. The van der Waals surface area contributed by atoms with E-state index in [0.29, 0.717) is 11.3 Å². The van der Waals surface area contributed by atoms with Gasteiger partial charge in [0.15, 0.2) is 0 Å². The third-order valence-electron chi connectivity index (χ3n) is 1.89. The van der Waals surface area contributed by atoms with E-state index in [4.69, 9.17) is 10.8 Å². The highest BCUT2D eigenvalue weighted by atomic mass is 16.3. The highest BCUT2D eigenvalue weighted by Gasteiger charge is 2.05. The van der Waals surface area contributed by atoms with Crippen molar-refractivity contribution >= 4 is 16.7 Å². The highest BCUT2D eigenvalue weighted by Crippen LogP contribution is 2.20. The zero-order valence-corrected chi connectivity index (χ0v) is 6.41. The smallest absolute Gasteiger partial charge is 0.0958 e. The van der Waals surface area contributed by atoms with Crippen molar-refractivity contribution in [1.82, 2.24) is 9.97 Å². The second-order valence-corrected chi connectivity index (χ2v) is 2.59. The lowest BCUT2D eigenvalue weighted by atomic mass is 10.1. The molecule has 0 aliphatic heterocycles. The van der Waals surface area contributed by atoms with E-state index in [1.165, 1.54) is 0 Å². The molecule has 2 aromatic rings. The second kappa shape index (κ2) is 2.49. The molecule has 0 amide bonds. The Morgan fingerprint density at radius 3 is 3.08 bits per heavy atom. The molecular weight excluding hydrogens is 154 g/mol. The zero-order valence-electron chi connectivity index (χ0n) is 6.41. The Kier molecular flexibility index (Phi) is 1.48. The van der Waals surface area contributed by atoms with Crippen LogP contribution in [0.3, 0.4) is 0 Å². The summed E-state index contributed by atoms with van der Waals surface area (Å²) in [5.41, 5.74) is 8.56. The van der Waals surface area contributed by atoms with E-state index < -0.39 is 0 Å². The normalized spacial score (nSPS) is 10.8. The third-order valence-corrected chi connectivity index (χ3v) is 1.89. The summed E-state index contributed by atoms with van der Waals surface area (Å²) in [6.45, 7) is -0.0754. The molecule has 0 fully saturated rings. The number of H-pyrrole nitrogens is 1. The number of nitrogen functional groups attached to an aromatic ring is 1. The monoisotopic (exact) mass is 163 g/mol. The fourth-order valence-corrected chi connectivity index (χ4v) is 1.25. The van der Waals surface area contributed by atoms with Crippen LogP contribution in [0.4, 0.5) is 5.69 Å². The number of aliphatic hydroxyl groups is 1. The summed E-state index contributed by atoms with van der Waals surface area (Å²) in [5, 5.41) is 9.00. The summed E-state index contributed by atoms with van der Waals surface area (Å²) in [6.07, 6.45) is 1.59. The van der Waals surface area contributed by atoms with E-state index in [2.05, 4.69) is 9.97 Å². The molecule has 0 aliphatic carbocycles. The second-order valence-electron chi connectivity index (χ2n) is 2.59. The van der Waals surface area contributed by atoms with E-state index in [-0.39, 0.29) is 6.61 Å². The standard InChI is InChI=1S/C8H9N3O/c9-6-1-2-7-8(5(6)3-12)11-4-10-7/h1-2,4,12H,3,9H2,(H,10,11). The van der Waals surface area contributed by atoms with Gasteiger partial charge in [0.2, 0.25) is 0 Å². The number of benzene rings is 1. The number of aromatic nitrogens is 2. The number of hydrogen-bond acceptors (Lipinski definition) is 3. The van der Waals surface area contributed by atoms with Crippen LogP contribution in [0, 0.1) is 0 Å². The van der Waals surface area contributed by atoms with Crippen LogP contribution in [0.25, 0.3) is 11.0 Å². The van der Waals surface area contributed by atoms with Crippen LogP contribution >= 0.6 is 0 Å². The van der Waals surface area contributed by atoms with Crippen molar-refractivity contribution in [3.05, 3.63) is 24.0 Å². The summed E-state index contributed by atoms with van der Waals surface area (Å²) in [6, 6.07) is 3.60. The van der Waals surface area contributed by atoms with Gasteiger partial charge in [0.1, 0.15) is 0 Å². The molecule has 4 heteroatoms. The summed E-state index contributed by atoms with van der Waals surface area (Å²) < 4.78 is 0. The molecular formula is C8H9N3O. The van der Waals surface area contributed by atoms with E-state index >= 15 is 0 Å². The molecule has 4 N–H and O–H groups in total. The number of aromatic amines is 1. The largest absolute Gasteiger partial charge is 0.398 e. The summed E-state index contributed by atoms with van der Waals surface area (Å²) >= 11 is 0. The Balaban J connectivity index is 2.83. The van der Waals surface area contributed by atoms with Crippen LogP contribution in [0.5, 0.6) is 0 Å². The van der Waals surface area contributed by atoms with Gasteiger partial charge < -0.3 is 15.8 Å². The van der Waals surface area contributed by atoms with Crippen molar-refractivity contribution in [3.8, 4) is 0 Å². The molecule has 0 radical (unpaired) electrons. The summed E-state index contributed by atoms with van der Waals surface area (Å²) in [4.78, 5) is 7.00. The average Bonchev–Trinajstić information content (AvgIpc) is 2.52. The number of imidazole rings is 1. The van der Waals surface area contributed by atoms with Gasteiger partial charge in [-0.3, -0.25) is 0 Å². The minimum Gasteiger partial charge on any atom is -0.398 e. The van der Waals surface area contributed by atoms with Crippen molar-refractivity contribution < 1.29 is 5.11 Å². The fourth-order valence-electron chi connectivity index (χ4n) is 1.25. The van der Waals surface area contributed by atoms with Crippen LogP contribution in [0.2, 0.25) is 0 Å². The van der Waals surface area contributed by atoms with Crippen LogP contribution in [-0.4, -0.2) is 15.1 Å². The van der Waals surface area contributed by atoms with Gasteiger partial charge in [-0.15, -0.1) is 0 Å². The molecule has 0 atom stereocenters. The van der Waals surface area contributed by atoms with Crippen LogP contribution in [-0.2, 0) is 6.61 Å². The highest BCUT2D eigenvalue weighted by molar-refractivity contribution is 5.83. The Morgan fingerprint density at radius 2 is 2.33 bits per heavy atom. The quantitative estimate of drug-likeness (QED) is 0.540. The number of aliphatic hydroxyl groups excluding tert-OH is 1. The number of nitrogens with two attached hydrogens (primary N) is 1. The lowest BCUT2D eigenvalue weighted by molar-refractivity contribution is 0.284. The summed E-state index contributed by atoms with van der Waals surface area (Å²) in [5.74, 6) is 0. The number of fused-ring (bicyclic) bond motifs is 1. The first-order chi connectivity index (χ1) is 5.83. The fraction of sp³-hybridized carbons (Fsp3) is 0.125. The Bertz CT molecular complexity index is 408. The minimum absolute atomic E-state index is 0.0754. The maximum Gasteiger partial charge on any atom is 0.0958 e. The Morgan fingerprint density at radius 1 is 1.50 bits per heavy atom. The zero-order chi connectivity index (χ0) is 8.55. The van der Waals surface area contributed by atoms with Crippen LogP contribution in [0.15, 0.2) is 18.5 Å². The molecule has 0 spiro atoms. The van der Waals surface area contributed by atoms with Crippen molar-refractivity contribution in [3.63, 3.8) is 0 Å². The number of hydrogen-bond donors (Lipinski definition) is 3. The molecule has 2 rings (SSSR count). The third kappa shape index (κ3) is 0.853. The van der Waals surface area contributed by atoms with Crippen LogP contribution < -0.4 is 5.73 Å². The van der Waals surface area contributed by atoms with Gasteiger partial charge in [-0.25, -0.2) is 4.98 Å². The van der Waals surface area contributed by atoms with Crippen molar-refractivity contribution in [2.75, 3.05) is 5.73 Å². The predicted octanol–water partition coefficient (Wildman–Crippen LogP) is 0.637. The number of nitrogens with zero attached hydrogens (tertiary/aromatic N) is 1. The van der Waals surface area contributed by atoms with Crippen LogP contribution in [0.1, 0.15) is 5.56 Å². The maximum atomic E-state index is 9.00. The van der Waals surface area contributed by atoms with E-state index in [1.807, 2.05) is 6.07 Å². The topological polar surface area (TPSA) is 74.9 Å². The van der Waals surface area contributed by atoms with Crippen molar-refractivity contribution in [1.29, 1.82) is 0 Å². The molecule has 62 valence electrons. The number of rotatable bonds is 1.